The molecular formula is C22H25N5O3S. The summed E-state index contributed by atoms with van der Waals surface area (Å²) < 4.78 is 0. The quantitative estimate of drug-likeness (QED) is 0.325. The van der Waals surface area contributed by atoms with Crippen molar-refractivity contribution in [2.45, 2.75) is 39.5 Å². The van der Waals surface area contributed by atoms with Crippen LogP contribution in [0, 0.1) is 16.0 Å². The molecule has 3 aromatic rings. The van der Waals surface area contributed by atoms with Crippen LogP contribution in [-0.4, -0.2) is 33.9 Å². The fourth-order valence-electron chi connectivity index (χ4n) is 3.87. The number of amides is 1. The number of carbonyl (C=O) groups excluding carboxylic acids is 1. The minimum Gasteiger partial charge on any atom is -0.368 e. The number of nitro groups is 1. The lowest BCUT2D eigenvalue weighted by molar-refractivity contribution is -0.384. The monoisotopic (exact) mass is 439 g/mol. The number of fused-ring (bicyclic) bond motifs is 3. The Balaban J connectivity index is 1.44. The molecule has 1 aromatic carbocycles. The number of nitrogens with zero attached hydrogens (tertiary/aromatic N) is 3. The number of hydrogen-bond donors (Lipinski definition) is 2. The highest BCUT2D eigenvalue weighted by atomic mass is 32.1. The maximum absolute atomic E-state index is 12.3. The van der Waals surface area contributed by atoms with Crippen LogP contribution in [0.1, 0.15) is 46.9 Å². The Morgan fingerprint density at radius 3 is 2.74 bits per heavy atom. The first kappa shape index (κ1) is 21.2. The van der Waals surface area contributed by atoms with Crippen LogP contribution in [-0.2, 0) is 19.3 Å². The number of nitrogens with one attached hydrogen (secondary N) is 2. The highest BCUT2D eigenvalue weighted by molar-refractivity contribution is 7.19. The van der Waals surface area contributed by atoms with Crippen molar-refractivity contribution in [1.29, 1.82) is 0 Å². The van der Waals surface area contributed by atoms with Crippen molar-refractivity contribution in [3.8, 4) is 0 Å². The summed E-state index contributed by atoms with van der Waals surface area (Å²) in [5.74, 6) is 2.10. The number of anilines is 1. The van der Waals surface area contributed by atoms with Crippen molar-refractivity contribution < 1.29 is 9.72 Å². The van der Waals surface area contributed by atoms with Gasteiger partial charge in [-0.2, -0.15) is 0 Å². The van der Waals surface area contributed by atoms with Gasteiger partial charge in [-0.05, 0) is 42.9 Å². The van der Waals surface area contributed by atoms with Crippen LogP contribution in [0.15, 0.2) is 24.3 Å². The summed E-state index contributed by atoms with van der Waals surface area (Å²) in [6, 6.07) is 5.58. The molecule has 0 aliphatic heterocycles. The number of aryl methyl sites for hydroxylation is 2. The van der Waals surface area contributed by atoms with Gasteiger partial charge in [-0.25, -0.2) is 9.97 Å². The van der Waals surface area contributed by atoms with Gasteiger partial charge < -0.3 is 10.6 Å². The number of carbonyl (C=O) groups is 1. The molecule has 31 heavy (non-hydrogen) atoms. The molecule has 162 valence electrons. The lowest BCUT2D eigenvalue weighted by Gasteiger charge is -2.18. The van der Waals surface area contributed by atoms with E-state index in [1.54, 1.807) is 11.3 Å². The molecule has 0 saturated heterocycles. The summed E-state index contributed by atoms with van der Waals surface area (Å²) in [5.41, 5.74) is 1.73. The summed E-state index contributed by atoms with van der Waals surface area (Å²) in [7, 11) is 0. The molecule has 0 saturated carbocycles. The average Bonchev–Trinajstić information content (AvgIpc) is 3.13. The molecule has 1 aliphatic carbocycles. The standard InChI is InChI=1S/C22H25N5O3S/c1-3-18-25-20(19-16-9-4-13(2)12-17(16)31-22(19)26-18)23-10-11-24-21(28)14-5-7-15(8-6-14)27(29)30/h5-8,13H,3-4,9-12H2,1-2H3,(H,24,28)(H,23,25,26)/t13-/m0/s1. The first-order chi connectivity index (χ1) is 15.0. The van der Waals surface area contributed by atoms with Crippen LogP contribution >= 0.6 is 11.3 Å². The zero-order valence-electron chi connectivity index (χ0n) is 17.6. The summed E-state index contributed by atoms with van der Waals surface area (Å²) in [4.78, 5) is 34.5. The van der Waals surface area contributed by atoms with E-state index < -0.39 is 4.92 Å². The van der Waals surface area contributed by atoms with Crippen LogP contribution in [0.2, 0.25) is 0 Å². The molecule has 2 N–H and O–H groups in total. The van der Waals surface area contributed by atoms with Crippen LogP contribution in [0.3, 0.4) is 0 Å². The van der Waals surface area contributed by atoms with Gasteiger partial charge >= 0.3 is 0 Å². The molecule has 0 bridgehead atoms. The fourth-order valence-corrected chi connectivity index (χ4v) is 5.27. The molecule has 2 heterocycles. The van der Waals surface area contributed by atoms with Crippen molar-refractivity contribution >= 4 is 39.0 Å². The Bertz CT molecular complexity index is 1130. The van der Waals surface area contributed by atoms with E-state index in [9.17, 15) is 14.9 Å². The molecule has 0 spiro atoms. The minimum atomic E-state index is -0.484. The molecule has 1 atom stereocenters. The predicted octanol–water partition coefficient (Wildman–Crippen LogP) is 4.13. The summed E-state index contributed by atoms with van der Waals surface area (Å²) >= 11 is 1.78. The van der Waals surface area contributed by atoms with Crippen molar-refractivity contribution in [2.24, 2.45) is 5.92 Å². The SMILES string of the molecule is CCc1nc(NCCNC(=O)c2ccc([N+](=O)[O-])cc2)c2c3c(sc2n1)C[C@@H](C)CC3. The molecule has 2 aromatic heterocycles. The van der Waals surface area contributed by atoms with E-state index in [0.717, 1.165) is 41.1 Å². The first-order valence-electron chi connectivity index (χ1n) is 10.5. The molecule has 9 heteroatoms. The van der Waals surface area contributed by atoms with Gasteiger partial charge in [-0.1, -0.05) is 13.8 Å². The van der Waals surface area contributed by atoms with E-state index in [2.05, 4.69) is 17.6 Å². The Hall–Kier alpha value is -3.07. The lowest BCUT2D eigenvalue weighted by Crippen LogP contribution is -2.29. The largest absolute Gasteiger partial charge is 0.368 e. The predicted molar refractivity (Wildman–Crippen MR) is 122 cm³/mol. The third-order valence-electron chi connectivity index (χ3n) is 5.56. The van der Waals surface area contributed by atoms with Crippen molar-refractivity contribution in [3.63, 3.8) is 0 Å². The van der Waals surface area contributed by atoms with Gasteiger partial charge in [-0.3, -0.25) is 14.9 Å². The maximum atomic E-state index is 12.3. The molecule has 4 rings (SSSR count). The van der Waals surface area contributed by atoms with E-state index in [-0.39, 0.29) is 11.6 Å². The third kappa shape index (κ3) is 4.51. The average molecular weight is 440 g/mol. The van der Waals surface area contributed by atoms with Crippen LogP contribution in [0.5, 0.6) is 0 Å². The minimum absolute atomic E-state index is 0.0359. The van der Waals surface area contributed by atoms with Gasteiger partial charge in [0.1, 0.15) is 16.5 Å². The van der Waals surface area contributed by atoms with Crippen LogP contribution < -0.4 is 10.6 Å². The smallest absolute Gasteiger partial charge is 0.269 e. The van der Waals surface area contributed by atoms with Gasteiger partial charge in [0.15, 0.2) is 0 Å². The molecule has 0 fully saturated rings. The van der Waals surface area contributed by atoms with Crippen LogP contribution in [0.25, 0.3) is 10.2 Å². The summed E-state index contributed by atoms with van der Waals surface area (Å²) in [5, 5.41) is 18.1. The summed E-state index contributed by atoms with van der Waals surface area (Å²) in [6.07, 6.45) is 4.10. The van der Waals surface area contributed by atoms with E-state index >= 15 is 0 Å². The molecule has 0 radical (unpaired) electrons. The molecular weight excluding hydrogens is 414 g/mol. The Kier molecular flexibility index (Phi) is 6.13. The number of non-ortho nitro benzene ring substituents is 1. The zero-order chi connectivity index (χ0) is 22.0. The number of rotatable bonds is 7. The number of benzene rings is 1. The van der Waals surface area contributed by atoms with Crippen molar-refractivity contribution in [3.05, 3.63) is 56.2 Å². The van der Waals surface area contributed by atoms with Gasteiger partial charge in [0, 0.05) is 42.1 Å². The third-order valence-corrected chi connectivity index (χ3v) is 6.71. The van der Waals surface area contributed by atoms with Crippen molar-refractivity contribution in [1.82, 2.24) is 15.3 Å². The molecule has 0 unspecified atom stereocenters. The Morgan fingerprint density at radius 1 is 1.26 bits per heavy atom. The summed E-state index contributed by atoms with van der Waals surface area (Å²) in [6.45, 7) is 5.27. The first-order valence-corrected chi connectivity index (χ1v) is 11.4. The number of thiophene rings is 1. The topological polar surface area (TPSA) is 110 Å². The fraction of sp³-hybridized carbons (Fsp3) is 0.409. The second-order valence-electron chi connectivity index (χ2n) is 7.86. The molecule has 8 nitrogen and oxygen atoms in total. The lowest BCUT2D eigenvalue weighted by atomic mass is 9.89. The van der Waals surface area contributed by atoms with Gasteiger partial charge in [0.2, 0.25) is 0 Å². The highest BCUT2D eigenvalue weighted by Crippen LogP contribution is 2.40. The Morgan fingerprint density at radius 2 is 2.03 bits per heavy atom. The van der Waals surface area contributed by atoms with Crippen molar-refractivity contribution in [2.75, 3.05) is 18.4 Å². The van der Waals surface area contributed by atoms with E-state index in [4.69, 9.17) is 9.97 Å². The number of aromatic nitrogens is 2. The van der Waals surface area contributed by atoms with E-state index in [1.165, 1.54) is 41.1 Å². The Labute approximate surface area is 184 Å². The normalized spacial score (nSPS) is 15.5. The van der Waals surface area contributed by atoms with Crippen LogP contribution in [0.4, 0.5) is 11.5 Å². The zero-order valence-corrected chi connectivity index (χ0v) is 18.4. The second kappa shape index (κ2) is 8.97. The van der Waals surface area contributed by atoms with Gasteiger partial charge in [-0.15, -0.1) is 11.3 Å². The number of hydrogen-bond acceptors (Lipinski definition) is 7. The highest BCUT2D eigenvalue weighted by Gasteiger charge is 2.23. The molecule has 1 aliphatic rings. The van der Waals surface area contributed by atoms with Gasteiger partial charge in [0.05, 0.1) is 10.3 Å². The molecule has 1 amide bonds. The van der Waals surface area contributed by atoms with E-state index in [0.29, 0.717) is 24.6 Å². The maximum Gasteiger partial charge on any atom is 0.269 e. The van der Waals surface area contributed by atoms with E-state index in [1.807, 2.05) is 6.92 Å². The van der Waals surface area contributed by atoms with Gasteiger partial charge in [0.25, 0.3) is 11.6 Å². The number of nitro benzene ring substituents is 1. The second-order valence-corrected chi connectivity index (χ2v) is 8.94.